The van der Waals surface area contributed by atoms with E-state index in [0.717, 1.165) is 5.56 Å². The second-order valence-electron chi connectivity index (χ2n) is 7.69. The normalized spacial score (nSPS) is 11.3. The molecule has 0 saturated carbocycles. The zero-order chi connectivity index (χ0) is 24.0. The number of aromatic nitrogens is 2. The summed E-state index contributed by atoms with van der Waals surface area (Å²) in [5.41, 5.74) is 2.67. The Hall–Kier alpha value is -3.82. The van der Waals surface area contributed by atoms with Gasteiger partial charge in [-0.3, -0.25) is 9.48 Å². The van der Waals surface area contributed by atoms with Gasteiger partial charge in [-0.2, -0.15) is 5.10 Å². The lowest BCUT2D eigenvalue weighted by Gasteiger charge is -2.10. The Kier molecular flexibility index (Phi) is 7.15. The summed E-state index contributed by atoms with van der Waals surface area (Å²) >= 11 is 0. The highest BCUT2D eigenvalue weighted by Gasteiger charge is 2.15. The monoisotopic (exact) mass is 478 g/mol. The fourth-order valence-corrected chi connectivity index (χ4v) is 4.45. The van der Waals surface area contributed by atoms with E-state index in [1.165, 1.54) is 30.3 Å². The molecule has 0 saturated heterocycles. The van der Waals surface area contributed by atoms with Gasteiger partial charge >= 0.3 is 0 Å². The minimum absolute atomic E-state index is 0.0303. The van der Waals surface area contributed by atoms with Crippen LogP contribution in [0.25, 0.3) is 0 Å². The highest BCUT2D eigenvalue weighted by Crippen LogP contribution is 2.13. The Balaban J connectivity index is 1.35. The molecule has 0 radical (unpaired) electrons. The van der Waals surface area contributed by atoms with Gasteiger partial charge in [0.15, 0.2) is 0 Å². The molecule has 4 aromatic rings. The summed E-state index contributed by atoms with van der Waals surface area (Å²) in [5, 5.41) is 6.97. The second kappa shape index (κ2) is 10.4. The van der Waals surface area contributed by atoms with E-state index < -0.39 is 15.8 Å². The van der Waals surface area contributed by atoms with Crippen molar-refractivity contribution >= 4 is 15.9 Å². The Morgan fingerprint density at radius 3 is 2.32 bits per heavy atom. The highest BCUT2D eigenvalue weighted by molar-refractivity contribution is 7.89. The first-order chi connectivity index (χ1) is 16.4. The smallest absolute Gasteiger partial charge is 0.251 e. The van der Waals surface area contributed by atoms with Gasteiger partial charge < -0.3 is 5.32 Å². The van der Waals surface area contributed by atoms with Gasteiger partial charge in [-0.25, -0.2) is 17.5 Å². The van der Waals surface area contributed by atoms with E-state index in [-0.39, 0.29) is 23.9 Å². The predicted octanol–water partition coefficient (Wildman–Crippen LogP) is 3.48. The third kappa shape index (κ3) is 6.15. The number of sulfonamides is 1. The van der Waals surface area contributed by atoms with Crippen molar-refractivity contribution < 1.29 is 17.6 Å². The van der Waals surface area contributed by atoms with Gasteiger partial charge in [0, 0.05) is 31.0 Å². The number of rotatable bonds is 9. The molecule has 2 N–H and O–H groups in total. The summed E-state index contributed by atoms with van der Waals surface area (Å²) < 4.78 is 42.9. The first-order valence-corrected chi connectivity index (χ1v) is 12.0. The van der Waals surface area contributed by atoms with Crippen LogP contribution in [0, 0.1) is 5.82 Å². The summed E-state index contributed by atoms with van der Waals surface area (Å²) in [7, 11) is -3.80. The number of nitrogens with one attached hydrogen (secondary N) is 2. The SMILES string of the molecule is O=C(NCc1cccc(S(=O)(=O)NCc2cccc(F)c2)c1)c1ccc(Cn2cccn2)cc1. The average molecular weight is 479 g/mol. The molecule has 7 nitrogen and oxygen atoms in total. The van der Waals surface area contributed by atoms with Crippen LogP contribution in [0.5, 0.6) is 0 Å². The minimum atomic E-state index is -3.80. The van der Waals surface area contributed by atoms with Crippen molar-refractivity contribution in [2.45, 2.75) is 24.5 Å². The van der Waals surface area contributed by atoms with Crippen LogP contribution in [-0.4, -0.2) is 24.1 Å². The van der Waals surface area contributed by atoms with E-state index in [1.807, 2.05) is 24.4 Å². The molecule has 1 amide bonds. The van der Waals surface area contributed by atoms with Crippen LogP contribution in [-0.2, 0) is 29.7 Å². The molecule has 174 valence electrons. The first kappa shape index (κ1) is 23.3. The average Bonchev–Trinajstić information content (AvgIpc) is 3.35. The van der Waals surface area contributed by atoms with Crippen LogP contribution in [0.4, 0.5) is 4.39 Å². The van der Waals surface area contributed by atoms with E-state index in [0.29, 0.717) is 23.2 Å². The van der Waals surface area contributed by atoms with Gasteiger partial charge in [-0.1, -0.05) is 36.4 Å². The molecule has 0 unspecified atom stereocenters. The Morgan fingerprint density at radius 2 is 1.62 bits per heavy atom. The maximum absolute atomic E-state index is 13.3. The van der Waals surface area contributed by atoms with Gasteiger partial charge in [-0.15, -0.1) is 0 Å². The molecule has 9 heteroatoms. The van der Waals surface area contributed by atoms with Crippen molar-refractivity contribution in [3.63, 3.8) is 0 Å². The third-order valence-electron chi connectivity index (χ3n) is 5.14. The van der Waals surface area contributed by atoms with E-state index in [9.17, 15) is 17.6 Å². The van der Waals surface area contributed by atoms with Crippen molar-refractivity contribution in [2.75, 3.05) is 0 Å². The predicted molar refractivity (Wildman–Crippen MR) is 126 cm³/mol. The maximum atomic E-state index is 13.3. The van der Waals surface area contributed by atoms with Crippen LogP contribution >= 0.6 is 0 Å². The van der Waals surface area contributed by atoms with E-state index in [1.54, 1.807) is 41.2 Å². The van der Waals surface area contributed by atoms with Gasteiger partial charge in [0.25, 0.3) is 5.91 Å². The van der Waals surface area contributed by atoms with Gasteiger partial charge in [0.05, 0.1) is 11.4 Å². The third-order valence-corrected chi connectivity index (χ3v) is 6.54. The highest BCUT2D eigenvalue weighted by atomic mass is 32.2. The molecule has 0 aliphatic carbocycles. The molecule has 0 fully saturated rings. The minimum Gasteiger partial charge on any atom is -0.348 e. The van der Waals surface area contributed by atoms with Crippen LogP contribution in [0.2, 0.25) is 0 Å². The van der Waals surface area contributed by atoms with Gasteiger partial charge in [0.2, 0.25) is 10.0 Å². The zero-order valence-electron chi connectivity index (χ0n) is 18.2. The largest absolute Gasteiger partial charge is 0.348 e. The topological polar surface area (TPSA) is 93.1 Å². The Morgan fingerprint density at radius 1 is 0.882 bits per heavy atom. The number of benzene rings is 3. The van der Waals surface area contributed by atoms with Crippen LogP contribution < -0.4 is 10.0 Å². The van der Waals surface area contributed by atoms with Gasteiger partial charge in [-0.05, 0) is 59.2 Å². The van der Waals surface area contributed by atoms with Crippen LogP contribution in [0.15, 0.2) is 96.2 Å². The molecule has 34 heavy (non-hydrogen) atoms. The molecule has 0 spiro atoms. The molecule has 0 aliphatic rings. The molecule has 0 atom stereocenters. The second-order valence-corrected chi connectivity index (χ2v) is 9.45. The molecule has 4 rings (SSSR count). The van der Waals surface area contributed by atoms with Crippen LogP contribution in [0.1, 0.15) is 27.0 Å². The van der Waals surface area contributed by atoms with E-state index in [2.05, 4.69) is 15.1 Å². The molecule has 0 bridgehead atoms. The molecule has 3 aromatic carbocycles. The fraction of sp³-hybridized carbons (Fsp3) is 0.120. The summed E-state index contributed by atoms with van der Waals surface area (Å²) in [6.07, 6.45) is 3.58. The number of halogens is 1. The molecule has 1 heterocycles. The Labute approximate surface area is 197 Å². The summed E-state index contributed by atoms with van der Waals surface area (Å²) in [6, 6.07) is 21.1. The summed E-state index contributed by atoms with van der Waals surface area (Å²) in [6.45, 7) is 0.752. The summed E-state index contributed by atoms with van der Waals surface area (Å²) in [5.74, 6) is -0.690. The quantitative estimate of drug-likeness (QED) is 0.385. The zero-order valence-corrected chi connectivity index (χ0v) is 19.0. The van der Waals surface area contributed by atoms with Crippen molar-refractivity contribution in [1.82, 2.24) is 19.8 Å². The van der Waals surface area contributed by atoms with Gasteiger partial charge in [0.1, 0.15) is 5.82 Å². The van der Waals surface area contributed by atoms with Crippen molar-refractivity contribution in [1.29, 1.82) is 0 Å². The molecular formula is C25H23FN4O3S. The number of hydrogen-bond acceptors (Lipinski definition) is 4. The standard InChI is InChI=1S/C25H23FN4O3S/c26-23-6-1-4-20(14-23)17-29-34(32,33)24-7-2-5-21(15-24)16-27-25(31)22-10-8-19(9-11-22)18-30-13-3-12-28-30/h1-15,29H,16-18H2,(H,27,31). The lowest BCUT2D eigenvalue weighted by Crippen LogP contribution is -2.24. The maximum Gasteiger partial charge on any atom is 0.251 e. The van der Waals surface area contributed by atoms with Crippen molar-refractivity contribution in [3.05, 3.63) is 119 Å². The van der Waals surface area contributed by atoms with Crippen molar-refractivity contribution in [2.24, 2.45) is 0 Å². The first-order valence-electron chi connectivity index (χ1n) is 10.6. The Bertz CT molecular complexity index is 1370. The molecular weight excluding hydrogens is 455 g/mol. The van der Waals surface area contributed by atoms with Crippen LogP contribution in [0.3, 0.4) is 0 Å². The number of amides is 1. The molecule has 1 aromatic heterocycles. The number of hydrogen-bond donors (Lipinski definition) is 2. The lowest BCUT2D eigenvalue weighted by atomic mass is 10.1. The van der Waals surface area contributed by atoms with Crippen molar-refractivity contribution in [3.8, 4) is 0 Å². The van der Waals surface area contributed by atoms with E-state index >= 15 is 0 Å². The fourth-order valence-electron chi connectivity index (χ4n) is 3.36. The summed E-state index contributed by atoms with van der Waals surface area (Å²) in [4.78, 5) is 12.6. The number of nitrogens with zero attached hydrogens (tertiary/aromatic N) is 2. The lowest BCUT2D eigenvalue weighted by molar-refractivity contribution is 0.0951. The molecule has 0 aliphatic heterocycles. The number of carbonyl (C=O) groups excluding carboxylic acids is 1. The number of carbonyl (C=O) groups is 1. The van der Waals surface area contributed by atoms with E-state index in [4.69, 9.17) is 0 Å².